The zero-order chi connectivity index (χ0) is 17.3. The predicted octanol–water partition coefficient (Wildman–Crippen LogP) is 0.285. The maximum absolute atomic E-state index is 12.0. The number of rotatable bonds is 10. The monoisotopic (exact) mass is 333 g/mol. The van der Waals surface area contributed by atoms with Gasteiger partial charge in [-0.1, -0.05) is 13.8 Å². The summed E-state index contributed by atoms with van der Waals surface area (Å²) >= 11 is 1.47. The quantitative estimate of drug-likeness (QED) is 0.529. The Morgan fingerprint density at radius 3 is 2.45 bits per heavy atom. The van der Waals surface area contributed by atoms with Crippen LogP contribution in [0.2, 0.25) is 0 Å². The van der Waals surface area contributed by atoms with Crippen LogP contribution >= 0.6 is 11.8 Å². The minimum Gasteiger partial charge on any atom is -0.480 e. The Morgan fingerprint density at radius 2 is 1.95 bits per heavy atom. The van der Waals surface area contributed by atoms with E-state index in [1.165, 1.54) is 30.6 Å². The number of likely N-dealkylation sites (N-methyl/N-ethyl adjacent to an activating group) is 1. The first kappa shape index (κ1) is 20.7. The van der Waals surface area contributed by atoms with Gasteiger partial charge < -0.3 is 21.1 Å². The molecule has 0 unspecified atom stereocenters. The molecule has 0 aliphatic carbocycles. The molecule has 0 bridgehead atoms. The minimum atomic E-state index is -1.03. The van der Waals surface area contributed by atoms with Crippen LogP contribution in [0.15, 0.2) is 0 Å². The molecule has 0 aromatic heterocycles. The van der Waals surface area contributed by atoms with Crippen molar-refractivity contribution < 1.29 is 19.5 Å². The van der Waals surface area contributed by atoms with Crippen LogP contribution in [0, 0.1) is 0 Å². The molecule has 0 rings (SSSR count). The van der Waals surface area contributed by atoms with Gasteiger partial charge in [0.1, 0.15) is 6.04 Å². The Bertz CT molecular complexity index is 402. The first-order valence-corrected chi connectivity index (χ1v) is 8.18. The van der Waals surface area contributed by atoms with E-state index in [1.807, 2.05) is 13.8 Å². The van der Waals surface area contributed by atoms with Crippen LogP contribution in [0.3, 0.4) is 0 Å². The van der Waals surface area contributed by atoms with E-state index in [4.69, 9.17) is 10.8 Å². The molecular formula is C14H27N3O4S. The molecule has 0 aliphatic heterocycles. The highest BCUT2D eigenvalue weighted by molar-refractivity contribution is 8.01. The molecule has 0 fully saturated rings. The Hall–Kier alpha value is -1.28. The van der Waals surface area contributed by atoms with Crippen LogP contribution in [0.25, 0.3) is 0 Å². The molecule has 7 nitrogen and oxygen atoms in total. The molecule has 4 N–H and O–H groups in total. The third kappa shape index (κ3) is 8.23. The Morgan fingerprint density at radius 1 is 1.36 bits per heavy atom. The van der Waals surface area contributed by atoms with Gasteiger partial charge in [0, 0.05) is 31.3 Å². The van der Waals surface area contributed by atoms with Gasteiger partial charge >= 0.3 is 5.97 Å². The van der Waals surface area contributed by atoms with Crippen molar-refractivity contribution in [2.24, 2.45) is 5.73 Å². The van der Waals surface area contributed by atoms with Gasteiger partial charge in [-0.3, -0.25) is 9.59 Å². The Balaban J connectivity index is 4.23. The molecule has 8 heteroatoms. The summed E-state index contributed by atoms with van der Waals surface area (Å²) in [6, 6.07) is -0.842. The van der Waals surface area contributed by atoms with Crippen LogP contribution in [0.5, 0.6) is 0 Å². The van der Waals surface area contributed by atoms with E-state index in [2.05, 4.69) is 5.32 Å². The van der Waals surface area contributed by atoms with Crippen molar-refractivity contribution >= 4 is 29.5 Å². The lowest BCUT2D eigenvalue weighted by Gasteiger charge is -2.26. The minimum absolute atomic E-state index is 0.0773. The summed E-state index contributed by atoms with van der Waals surface area (Å²) in [5.74, 6) is -1.01. The van der Waals surface area contributed by atoms with E-state index in [1.54, 1.807) is 0 Å². The summed E-state index contributed by atoms with van der Waals surface area (Å²) in [6.45, 7) is 6.25. The van der Waals surface area contributed by atoms with Gasteiger partial charge in [0.2, 0.25) is 11.8 Å². The van der Waals surface area contributed by atoms with E-state index >= 15 is 0 Å². The average molecular weight is 333 g/mol. The first-order chi connectivity index (χ1) is 10.1. The Labute approximate surface area is 136 Å². The van der Waals surface area contributed by atoms with Crippen LogP contribution in [0.1, 0.15) is 33.6 Å². The van der Waals surface area contributed by atoms with Crippen LogP contribution in [-0.2, 0) is 14.4 Å². The van der Waals surface area contributed by atoms with Crippen molar-refractivity contribution in [3.63, 3.8) is 0 Å². The highest BCUT2D eigenvalue weighted by Gasteiger charge is 2.25. The second-order valence-corrected chi connectivity index (χ2v) is 7.39. The molecule has 0 spiro atoms. The molecule has 0 saturated carbocycles. The van der Waals surface area contributed by atoms with Gasteiger partial charge in [0.15, 0.2) is 0 Å². The fraction of sp³-hybridized carbons (Fsp3) is 0.786. The molecule has 2 amide bonds. The number of carboxylic acid groups (broad SMARTS) is 1. The fourth-order valence-electron chi connectivity index (χ4n) is 1.56. The maximum Gasteiger partial charge on any atom is 0.326 e. The van der Waals surface area contributed by atoms with E-state index in [9.17, 15) is 14.4 Å². The van der Waals surface area contributed by atoms with Crippen LogP contribution in [0.4, 0.5) is 0 Å². The molecule has 128 valence electrons. The van der Waals surface area contributed by atoms with Crippen molar-refractivity contribution in [2.75, 3.05) is 25.9 Å². The highest BCUT2D eigenvalue weighted by Crippen LogP contribution is 2.29. The van der Waals surface area contributed by atoms with Crippen LogP contribution < -0.4 is 11.1 Å². The topological polar surface area (TPSA) is 113 Å². The van der Waals surface area contributed by atoms with E-state index in [-0.39, 0.29) is 23.0 Å². The van der Waals surface area contributed by atoms with Crippen molar-refractivity contribution in [2.45, 2.75) is 44.4 Å². The van der Waals surface area contributed by atoms with E-state index < -0.39 is 12.0 Å². The van der Waals surface area contributed by atoms with Gasteiger partial charge in [-0.2, -0.15) is 0 Å². The fourth-order valence-corrected chi connectivity index (χ4v) is 2.43. The number of hydrogen-bond acceptors (Lipinski definition) is 5. The average Bonchev–Trinajstić information content (AvgIpc) is 2.46. The standard InChI is InChI=1S/C14H27N3O4S/c1-10(13(20)21)17(4)12(19)5-6-14(2,3)22-9-11(18)16-8-7-15/h10H,5-9,15H2,1-4H3,(H,16,18)(H,20,21)/t10-/m0/s1. The first-order valence-electron chi connectivity index (χ1n) is 7.20. The number of aliphatic carboxylic acids is 1. The molecule has 0 radical (unpaired) electrons. The predicted molar refractivity (Wildman–Crippen MR) is 87.7 cm³/mol. The van der Waals surface area contributed by atoms with Crippen molar-refractivity contribution in [1.82, 2.24) is 10.2 Å². The number of thioether (sulfide) groups is 1. The smallest absolute Gasteiger partial charge is 0.326 e. The van der Waals surface area contributed by atoms with Crippen LogP contribution in [-0.4, -0.2) is 64.5 Å². The number of carboxylic acids is 1. The number of nitrogens with zero attached hydrogens (tertiary/aromatic N) is 1. The number of nitrogens with two attached hydrogens (primary N) is 1. The van der Waals surface area contributed by atoms with Gasteiger partial charge in [0.25, 0.3) is 0 Å². The maximum atomic E-state index is 12.0. The molecule has 22 heavy (non-hydrogen) atoms. The SMILES string of the molecule is C[C@@H](C(=O)O)N(C)C(=O)CCC(C)(C)SCC(=O)NCCN. The zero-order valence-electron chi connectivity index (χ0n) is 13.7. The summed E-state index contributed by atoms with van der Waals surface area (Å²) in [4.78, 5) is 35.6. The summed E-state index contributed by atoms with van der Waals surface area (Å²) < 4.78 is -0.247. The number of nitrogens with one attached hydrogen (secondary N) is 1. The summed E-state index contributed by atoms with van der Waals surface area (Å²) in [5.41, 5.74) is 5.31. The molecule has 0 heterocycles. The molecular weight excluding hydrogens is 306 g/mol. The lowest BCUT2D eigenvalue weighted by atomic mass is 10.1. The molecule has 0 saturated heterocycles. The number of carbonyl (C=O) groups excluding carboxylic acids is 2. The van der Waals surface area contributed by atoms with E-state index in [0.717, 1.165) is 0 Å². The normalized spacial score (nSPS) is 12.6. The van der Waals surface area contributed by atoms with Crippen molar-refractivity contribution in [3.05, 3.63) is 0 Å². The number of hydrogen-bond donors (Lipinski definition) is 3. The van der Waals surface area contributed by atoms with Gasteiger partial charge in [-0.15, -0.1) is 11.8 Å². The summed E-state index contributed by atoms with van der Waals surface area (Å²) in [6.07, 6.45) is 0.815. The molecule has 0 aliphatic rings. The second kappa shape index (κ2) is 9.68. The lowest BCUT2D eigenvalue weighted by Crippen LogP contribution is -2.40. The third-order valence-corrected chi connectivity index (χ3v) is 4.73. The number of amides is 2. The van der Waals surface area contributed by atoms with Gasteiger partial charge in [-0.25, -0.2) is 4.79 Å². The van der Waals surface area contributed by atoms with Gasteiger partial charge in [-0.05, 0) is 13.3 Å². The summed E-state index contributed by atoms with van der Waals surface area (Å²) in [5, 5.41) is 11.6. The number of carbonyl (C=O) groups is 3. The second-order valence-electron chi connectivity index (χ2n) is 5.71. The molecule has 0 aromatic rings. The molecule has 1 atom stereocenters. The van der Waals surface area contributed by atoms with Crippen molar-refractivity contribution in [3.8, 4) is 0 Å². The lowest BCUT2D eigenvalue weighted by molar-refractivity contribution is -0.148. The van der Waals surface area contributed by atoms with Crippen molar-refractivity contribution in [1.29, 1.82) is 0 Å². The molecule has 0 aromatic carbocycles. The van der Waals surface area contributed by atoms with Gasteiger partial charge in [0.05, 0.1) is 5.75 Å². The highest BCUT2D eigenvalue weighted by atomic mass is 32.2. The summed E-state index contributed by atoms with van der Waals surface area (Å²) in [7, 11) is 1.49. The Kier molecular flexibility index (Phi) is 9.12. The largest absolute Gasteiger partial charge is 0.480 e. The zero-order valence-corrected chi connectivity index (χ0v) is 14.5. The third-order valence-electron chi connectivity index (χ3n) is 3.33. The van der Waals surface area contributed by atoms with E-state index in [0.29, 0.717) is 25.3 Å².